The van der Waals surface area contributed by atoms with Crippen molar-refractivity contribution >= 4 is 27.7 Å². The predicted octanol–water partition coefficient (Wildman–Crippen LogP) is 1.51. The summed E-state index contributed by atoms with van der Waals surface area (Å²) >= 11 is 3.40. The van der Waals surface area contributed by atoms with Gasteiger partial charge in [0.15, 0.2) is 0 Å². The van der Waals surface area contributed by atoms with Crippen molar-refractivity contribution in [2.45, 2.75) is 25.4 Å². The van der Waals surface area contributed by atoms with Gasteiger partial charge in [0.2, 0.25) is 11.8 Å². The normalized spacial score (nSPS) is 21.4. The van der Waals surface area contributed by atoms with Crippen LogP contribution in [-0.2, 0) is 9.59 Å². The van der Waals surface area contributed by atoms with E-state index >= 15 is 0 Å². The van der Waals surface area contributed by atoms with Crippen molar-refractivity contribution in [2.75, 3.05) is 0 Å². The third kappa shape index (κ3) is 2.92. The summed E-state index contributed by atoms with van der Waals surface area (Å²) in [5, 5.41) is 5.43. The fraction of sp³-hybridized carbons (Fsp3) is 0.333. The molecule has 1 aromatic carbocycles. The topological polar surface area (TPSA) is 58.2 Å². The molecule has 17 heavy (non-hydrogen) atoms. The van der Waals surface area contributed by atoms with Crippen molar-refractivity contribution in [3.63, 3.8) is 0 Å². The van der Waals surface area contributed by atoms with Gasteiger partial charge in [-0.25, -0.2) is 0 Å². The summed E-state index contributed by atoms with van der Waals surface area (Å²) < 4.78 is 0.996. The molecule has 2 N–H and O–H groups in total. The molecule has 1 fully saturated rings. The molecule has 0 bridgehead atoms. The van der Waals surface area contributed by atoms with Gasteiger partial charge in [-0.1, -0.05) is 28.1 Å². The van der Waals surface area contributed by atoms with E-state index in [9.17, 15) is 9.59 Å². The number of hydrogen-bond acceptors (Lipinski definition) is 3. The van der Waals surface area contributed by atoms with Gasteiger partial charge in [0.1, 0.15) is 0 Å². The molecule has 0 radical (unpaired) electrons. The Morgan fingerprint density at radius 1 is 1.47 bits per heavy atom. The van der Waals surface area contributed by atoms with Crippen LogP contribution in [0.15, 0.2) is 28.7 Å². The van der Waals surface area contributed by atoms with Crippen LogP contribution in [-0.4, -0.2) is 17.9 Å². The van der Waals surface area contributed by atoms with E-state index in [1.165, 1.54) is 0 Å². The molecule has 1 heterocycles. The molecule has 1 aliphatic rings. The van der Waals surface area contributed by atoms with Gasteiger partial charge in [0, 0.05) is 10.5 Å². The van der Waals surface area contributed by atoms with E-state index in [2.05, 4.69) is 26.6 Å². The monoisotopic (exact) mass is 296 g/mol. The van der Waals surface area contributed by atoms with E-state index in [0.29, 0.717) is 0 Å². The Kier molecular flexibility index (Phi) is 3.59. The molecule has 90 valence electrons. The summed E-state index contributed by atoms with van der Waals surface area (Å²) in [6, 6.07) is 7.47. The Hall–Kier alpha value is -1.20. The van der Waals surface area contributed by atoms with Crippen molar-refractivity contribution in [1.82, 2.24) is 10.6 Å². The highest BCUT2D eigenvalue weighted by Crippen LogP contribution is 2.19. The van der Waals surface area contributed by atoms with E-state index in [0.717, 1.165) is 10.0 Å². The summed E-state index contributed by atoms with van der Waals surface area (Å²) in [4.78, 5) is 22.5. The molecule has 1 saturated heterocycles. The summed E-state index contributed by atoms with van der Waals surface area (Å²) in [6.45, 7) is 1.97. The lowest BCUT2D eigenvalue weighted by molar-refractivity contribution is -0.125. The molecule has 1 unspecified atom stereocenters. The van der Waals surface area contributed by atoms with Crippen LogP contribution in [0, 0.1) is 0 Å². The van der Waals surface area contributed by atoms with Gasteiger partial charge in [-0.05, 0) is 24.6 Å². The number of carbonyl (C=O) groups excluding carboxylic acids is 2. The zero-order valence-corrected chi connectivity index (χ0v) is 11.0. The van der Waals surface area contributed by atoms with Gasteiger partial charge in [0.05, 0.1) is 12.5 Å². The van der Waals surface area contributed by atoms with Crippen LogP contribution < -0.4 is 10.6 Å². The van der Waals surface area contributed by atoms with Crippen LogP contribution in [0.3, 0.4) is 0 Å². The van der Waals surface area contributed by atoms with Crippen LogP contribution in [0.1, 0.15) is 24.9 Å². The highest BCUT2D eigenvalue weighted by molar-refractivity contribution is 9.10. The summed E-state index contributed by atoms with van der Waals surface area (Å²) in [5.74, 6) is -0.453. The van der Waals surface area contributed by atoms with E-state index in [4.69, 9.17) is 0 Å². The largest absolute Gasteiger partial charge is 0.299 e. The molecular formula is C12H13BrN2O2. The Morgan fingerprint density at radius 3 is 2.82 bits per heavy atom. The average Bonchev–Trinajstić information content (AvgIpc) is 2.57. The van der Waals surface area contributed by atoms with E-state index < -0.39 is 6.04 Å². The van der Waals surface area contributed by atoms with Crippen LogP contribution >= 0.6 is 15.9 Å². The van der Waals surface area contributed by atoms with Crippen molar-refractivity contribution in [1.29, 1.82) is 0 Å². The number of halogens is 1. The number of nitrogens with one attached hydrogen (secondary N) is 2. The second-order valence-corrected chi connectivity index (χ2v) is 5.03. The number of carbonyl (C=O) groups is 2. The molecule has 0 aromatic heterocycles. The van der Waals surface area contributed by atoms with Crippen LogP contribution in [0.5, 0.6) is 0 Å². The lowest BCUT2D eigenvalue weighted by Gasteiger charge is -2.17. The van der Waals surface area contributed by atoms with Crippen molar-refractivity contribution in [3.8, 4) is 0 Å². The summed E-state index contributed by atoms with van der Waals surface area (Å²) in [7, 11) is 0. The molecular weight excluding hydrogens is 284 g/mol. The Labute approximate surface area is 108 Å². The maximum atomic E-state index is 11.4. The molecule has 0 aliphatic carbocycles. The highest BCUT2D eigenvalue weighted by atomic mass is 79.9. The fourth-order valence-corrected chi connectivity index (χ4v) is 2.28. The predicted molar refractivity (Wildman–Crippen MR) is 67.2 cm³/mol. The van der Waals surface area contributed by atoms with Crippen LogP contribution in [0.25, 0.3) is 0 Å². The second-order valence-electron chi connectivity index (χ2n) is 4.11. The molecule has 2 amide bonds. The first-order chi connectivity index (χ1) is 8.06. The van der Waals surface area contributed by atoms with E-state index in [1.807, 2.05) is 31.2 Å². The minimum Gasteiger partial charge on any atom is -0.299 e. The first-order valence-corrected chi connectivity index (χ1v) is 6.21. The minimum atomic E-state index is -0.420. The molecule has 2 rings (SSSR count). The van der Waals surface area contributed by atoms with Gasteiger partial charge < -0.3 is 0 Å². The number of amides is 2. The van der Waals surface area contributed by atoms with E-state index in [-0.39, 0.29) is 24.3 Å². The standard InChI is InChI=1S/C12H13BrN2O2/c1-7(8-3-2-4-9(13)5-8)14-10-6-11(16)15-12(10)17/h2-5,7,10,14H,6H2,1H3,(H,15,16,17)/t7-,10?/m0/s1. The lowest BCUT2D eigenvalue weighted by atomic mass is 10.1. The van der Waals surface area contributed by atoms with Crippen molar-refractivity contribution in [2.24, 2.45) is 0 Å². The first kappa shape index (κ1) is 12.3. The number of benzene rings is 1. The first-order valence-electron chi connectivity index (χ1n) is 5.41. The Bertz CT molecular complexity index is 462. The van der Waals surface area contributed by atoms with E-state index in [1.54, 1.807) is 0 Å². The zero-order chi connectivity index (χ0) is 12.4. The number of rotatable bonds is 3. The van der Waals surface area contributed by atoms with Crippen LogP contribution in [0.2, 0.25) is 0 Å². The SMILES string of the molecule is C[C@H](NC1CC(=O)NC1=O)c1cccc(Br)c1. The smallest absolute Gasteiger partial charge is 0.244 e. The fourth-order valence-electron chi connectivity index (χ4n) is 1.86. The maximum Gasteiger partial charge on any atom is 0.244 e. The highest BCUT2D eigenvalue weighted by Gasteiger charge is 2.31. The quantitative estimate of drug-likeness (QED) is 0.832. The van der Waals surface area contributed by atoms with Gasteiger partial charge in [-0.15, -0.1) is 0 Å². The molecule has 1 aliphatic heterocycles. The third-order valence-electron chi connectivity index (χ3n) is 2.77. The molecule has 0 spiro atoms. The molecule has 2 atom stereocenters. The Balaban J connectivity index is 2.04. The Morgan fingerprint density at radius 2 is 2.24 bits per heavy atom. The van der Waals surface area contributed by atoms with Gasteiger partial charge in [0.25, 0.3) is 0 Å². The maximum absolute atomic E-state index is 11.4. The number of imide groups is 1. The zero-order valence-electron chi connectivity index (χ0n) is 9.37. The number of hydrogen-bond donors (Lipinski definition) is 2. The lowest BCUT2D eigenvalue weighted by Crippen LogP contribution is -2.37. The molecule has 4 nitrogen and oxygen atoms in total. The summed E-state index contributed by atoms with van der Waals surface area (Å²) in [5.41, 5.74) is 1.08. The van der Waals surface area contributed by atoms with Gasteiger partial charge >= 0.3 is 0 Å². The van der Waals surface area contributed by atoms with Gasteiger partial charge in [-0.3, -0.25) is 20.2 Å². The third-order valence-corrected chi connectivity index (χ3v) is 3.26. The second kappa shape index (κ2) is 4.98. The minimum absolute atomic E-state index is 0.0224. The molecule has 1 aromatic rings. The molecule has 0 saturated carbocycles. The van der Waals surface area contributed by atoms with Gasteiger partial charge in [-0.2, -0.15) is 0 Å². The van der Waals surface area contributed by atoms with Crippen LogP contribution in [0.4, 0.5) is 0 Å². The van der Waals surface area contributed by atoms with Crippen molar-refractivity contribution < 1.29 is 9.59 Å². The molecule has 5 heteroatoms. The van der Waals surface area contributed by atoms with Crippen molar-refractivity contribution in [3.05, 3.63) is 34.3 Å². The average molecular weight is 297 g/mol. The summed E-state index contributed by atoms with van der Waals surface area (Å²) in [6.07, 6.45) is 0.219.